The van der Waals surface area contributed by atoms with E-state index < -0.39 is 23.6 Å². The van der Waals surface area contributed by atoms with Crippen molar-refractivity contribution in [2.45, 2.75) is 34.6 Å². The molecule has 0 aromatic heterocycles. The Bertz CT molecular complexity index is 911. The van der Waals surface area contributed by atoms with E-state index in [9.17, 15) is 18.4 Å². The van der Waals surface area contributed by atoms with Crippen LogP contribution in [0.4, 0.5) is 8.78 Å². The summed E-state index contributed by atoms with van der Waals surface area (Å²) in [7, 11) is 0. The summed E-state index contributed by atoms with van der Waals surface area (Å²) >= 11 is 0. The summed E-state index contributed by atoms with van der Waals surface area (Å²) in [6.07, 6.45) is 3.44. The minimum atomic E-state index is -1.04. The normalized spacial score (nSPS) is 13.2. The number of benzene rings is 2. The minimum Gasteiger partial charge on any atom is -1.00 e. The van der Waals surface area contributed by atoms with Gasteiger partial charge in [0.2, 0.25) is 0 Å². The number of allylic oxidation sites excluding steroid dienone is 4. The first kappa shape index (κ1) is 31.9. The molecule has 8 heteroatoms. The van der Waals surface area contributed by atoms with E-state index in [4.69, 9.17) is 10.2 Å². The Morgan fingerprint density at radius 2 is 1.09 bits per heavy atom. The smallest absolute Gasteiger partial charge is 0.335 e. The van der Waals surface area contributed by atoms with Gasteiger partial charge in [0.25, 0.3) is 0 Å². The monoisotopic (exact) mass is 498 g/mol. The molecule has 0 bridgehead atoms. The van der Waals surface area contributed by atoms with Crippen LogP contribution in [0.25, 0.3) is 0 Å². The van der Waals surface area contributed by atoms with E-state index >= 15 is 0 Å². The molecule has 172 valence electrons. The van der Waals surface area contributed by atoms with Crippen LogP contribution in [-0.4, -0.2) is 22.2 Å². The van der Waals surface area contributed by atoms with Gasteiger partial charge in [0.05, 0.1) is 11.1 Å². The fraction of sp³-hybridized carbons (Fsp3) is 0.250. The fourth-order valence-corrected chi connectivity index (χ4v) is 2.59. The van der Waals surface area contributed by atoms with Crippen molar-refractivity contribution in [3.63, 3.8) is 0 Å². The van der Waals surface area contributed by atoms with Gasteiger partial charge in [0, 0.05) is 21.7 Å². The van der Waals surface area contributed by atoms with E-state index in [1.54, 1.807) is 0 Å². The number of hydrogen-bond donors (Lipinski definition) is 2. The van der Waals surface area contributed by atoms with Gasteiger partial charge in [-0.25, -0.2) is 23.9 Å². The Labute approximate surface area is 208 Å². The third-order valence-electron chi connectivity index (χ3n) is 4.74. The van der Waals surface area contributed by atoms with E-state index in [1.807, 2.05) is 0 Å². The van der Waals surface area contributed by atoms with E-state index in [0.717, 1.165) is 24.3 Å². The Morgan fingerprint density at radius 3 is 1.25 bits per heavy atom. The van der Waals surface area contributed by atoms with Crippen LogP contribution in [0.2, 0.25) is 0 Å². The predicted octanol–water partition coefficient (Wildman–Crippen LogP) is 3.16. The molecule has 0 aliphatic heterocycles. The molecule has 32 heavy (non-hydrogen) atoms. The molecule has 3 rings (SSSR count). The fourth-order valence-electron chi connectivity index (χ4n) is 2.59. The second-order valence-electron chi connectivity index (χ2n) is 7.25. The van der Waals surface area contributed by atoms with Crippen molar-refractivity contribution in [1.29, 1.82) is 0 Å². The molecule has 1 aliphatic carbocycles. The van der Waals surface area contributed by atoms with Gasteiger partial charge in [-0.15, -0.1) is 6.92 Å². The maximum Gasteiger partial charge on any atom is 0.335 e. The third-order valence-corrected chi connectivity index (χ3v) is 4.74. The van der Waals surface area contributed by atoms with Crippen LogP contribution in [0.15, 0.2) is 65.3 Å². The second kappa shape index (κ2) is 14.0. The van der Waals surface area contributed by atoms with Crippen LogP contribution < -0.4 is 12.4 Å². The number of rotatable bonds is 2. The standard InChI is InChI=1S/C10H15.2C7H5FO2.ClH.Ti/c1-7-6-10(4,5)9(3)8(7)2;2*8-6-3-1-5(2-4-6)7(9)10;;/h1-5H3;2*1-4H,(H,9,10);1H;/q-1;;;;/p-1. The molecule has 1 aliphatic rings. The van der Waals surface area contributed by atoms with Crippen LogP contribution in [0, 0.1) is 23.1 Å². The van der Waals surface area contributed by atoms with Crippen molar-refractivity contribution in [3.05, 3.63) is 94.1 Å². The number of carbonyl (C=O) groups is 2. The number of hydrogen-bond acceptors (Lipinski definition) is 2. The third kappa shape index (κ3) is 9.90. The van der Waals surface area contributed by atoms with Crippen LogP contribution in [-0.2, 0) is 21.7 Å². The van der Waals surface area contributed by atoms with Gasteiger partial charge in [-0.1, -0.05) is 33.1 Å². The minimum absolute atomic E-state index is 0. The molecule has 2 aromatic carbocycles. The zero-order chi connectivity index (χ0) is 23.1. The predicted molar refractivity (Wildman–Crippen MR) is 111 cm³/mol. The maximum absolute atomic E-state index is 12.2. The van der Waals surface area contributed by atoms with Gasteiger partial charge < -0.3 is 22.6 Å². The van der Waals surface area contributed by atoms with Crippen molar-refractivity contribution < 1.29 is 62.7 Å². The van der Waals surface area contributed by atoms with Crippen molar-refractivity contribution in [3.8, 4) is 0 Å². The number of carboxylic acids is 2. The average molecular weight is 499 g/mol. The zero-order valence-corrected chi connectivity index (χ0v) is 20.8. The maximum atomic E-state index is 12.2. The molecule has 0 saturated heterocycles. The Balaban J connectivity index is 0. The first-order valence-electron chi connectivity index (χ1n) is 9.13. The average Bonchev–Trinajstić information content (AvgIpc) is 2.85. The van der Waals surface area contributed by atoms with Gasteiger partial charge in [-0.05, 0) is 48.5 Å². The van der Waals surface area contributed by atoms with Gasteiger partial charge in [0.15, 0.2) is 0 Å². The first-order valence-corrected chi connectivity index (χ1v) is 9.13. The van der Waals surface area contributed by atoms with Crippen LogP contribution in [0.1, 0.15) is 55.3 Å². The summed E-state index contributed by atoms with van der Waals surface area (Å²) in [6.45, 7) is 10.9. The van der Waals surface area contributed by atoms with Crippen molar-refractivity contribution >= 4 is 11.9 Å². The molecule has 2 aromatic rings. The Morgan fingerprint density at radius 1 is 0.781 bits per heavy atom. The molecule has 0 radical (unpaired) electrons. The molecule has 0 unspecified atom stereocenters. The Kier molecular flexibility index (Phi) is 14.0. The first-order chi connectivity index (χ1) is 13.8. The van der Waals surface area contributed by atoms with E-state index in [2.05, 4.69) is 40.7 Å². The molecule has 2 N–H and O–H groups in total. The molecule has 0 saturated carbocycles. The van der Waals surface area contributed by atoms with Crippen molar-refractivity contribution in [2.24, 2.45) is 5.41 Å². The largest absolute Gasteiger partial charge is 1.00 e. The van der Waals surface area contributed by atoms with Gasteiger partial charge in [-0.3, -0.25) is 6.08 Å². The van der Waals surface area contributed by atoms with Crippen molar-refractivity contribution in [1.82, 2.24) is 0 Å². The molecule has 0 heterocycles. The Hall–Kier alpha value is -2.28. The molecular weight excluding hydrogens is 474 g/mol. The summed E-state index contributed by atoms with van der Waals surface area (Å²) < 4.78 is 24.3. The SMILES string of the molecule is CC1=[C-]C(C)(C)C(C)=C1C.O=C(O)c1ccc(F)cc1.O=C(O)c1ccc(F)cc1.[Cl-].[Ti]. The van der Waals surface area contributed by atoms with Crippen LogP contribution in [0.5, 0.6) is 0 Å². The van der Waals surface area contributed by atoms with Gasteiger partial charge in [0.1, 0.15) is 11.6 Å². The topological polar surface area (TPSA) is 74.6 Å². The van der Waals surface area contributed by atoms with Gasteiger partial charge >= 0.3 is 11.9 Å². The van der Waals surface area contributed by atoms with E-state index in [0.29, 0.717) is 0 Å². The summed E-state index contributed by atoms with van der Waals surface area (Å²) in [4.78, 5) is 20.4. The van der Waals surface area contributed by atoms with Gasteiger partial charge in [-0.2, -0.15) is 11.1 Å². The zero-order valence-electron chi connectivity index (χ0n) is 18.5. The second-order valence-corrected chi connectivity index (χ2v) is 7.25. The summed E-state index contributed by atoms with van der Waals surface area (Å²) in [5.41, 5.74) is 4.59. The number of carboxylic acid groups (broad SMARTS) is 2. The van der Waals surface area contributed by atoms with E-state index in [-0.39, 0.29) is 50.7 Å². The summed E-state index contributed by atoms with van der Waals surface area (Å²) in [5, 5.41) is 16.7. The quantitative estimate of drug-likeness (QED) is 0.493. The number of aromatic carboxylic acids is 2. The molecule has 0 amide bonds. The van der Waals surface area contributed by atoms with Crippen LogP contribution >= 0.6 is 0 Å². The van der Waals surface area contributed by atoms with Crippen LogP contribution in [0.3, 0.4) is 0 Å². The van der Waals surface area contributed by atoms with E-state index in [1.165, 1.54) is 41.0 Å². The summed E-state index contributed by atoms with van der Waals surface area (Å²) in [5.74, 6) is -2.94. The number of halogens is 3. The molecule has 0 spiro atoms. The molecule has 4 nitrogen and oxygen atoms in total. The molecular formula is C24H25ClF2O4Ti-2. The molecule has 0 atom stereocenters. The molecule has 0 fully saturated rings. The van der Waals surface area contributed by atoms with Crippen molar-refractivity contribution in [2.75, 3.05) is 0 Å². The summed E-state index contributed by atoms with van der Waals surface area (Å²) in [6, 6.07) is 9.34.